The Balaban J connectivity index is 1.00. The molecule has 1 aliphatic rings. The number of furan rings is 1. The Kier molecular flexibility index (Phi) is 8.56. The van der Waals surface area contributed by atoms with E-state index in [2.05, 4.69) is 224 Å². The maximum atomic E-state index is 6.53. The lowest BCUT2D eigenvalue weighted by Crippen LogP contribution is -2.11. The number of rotatable bonds is 7. The molecule has 2 nitrogen and oxygen atoms in total. The minimum Gasteiger partial charge on any atom is -0.460 e. The first-order valence-electron chi connectivity index (χ1n) is 20.5. The molecule has 59 heavy (non-hydrogen) atoms. The summed E-state index contributed by atoms with van der Waals surface area (Å²) in [4.78, 5) is 2.40. The van der Waals surface area contributed by atoms with Gasteiger partial charge in [0.05, 0.1) is 5.69 Å². The molecule has 11 rings (SSSR count). The van der Waals surface area contributed by atoms with E-state index in [0.29, 0.717) is 5.92 Å². The normalized spacial score (nSPS) is 13.5. The van der Waals surface area contributed by atoms with E-state index in [4.69, 9.17) is 4.42 Å². The molecule has 0 saturated carbocycles. The van der Waals surface area contributed by atoms with Gasteiger partial charge < -0.3 is 9.32 Å². The van der Waals surface area contributed by atoms with E-state index < -0.39 is 0 Å². The second-order valence-electron chi connectivity index (χ2n) is 15.8. The van der Waals surface area contributed by atoms with Crippen LogP contribution in [0.1, 0.15) is 18.2 Å². The fourth-order valence-corrected chi connectivity index (χ4v) is 8.95. The van der Waals surface area contributed by atoms with Crippen LogP contribution >= 0.6 is 0 Å². The predicted octanol–water partition coefficient (Wildman–Crippen LogP) is 16.1. The van der Waals surface area contributed by atoms with Gasteiger partial charge in [-0.1, -0.05) is 171 Å². The van der Waals surface area contributed by atoms with Gasteiger partial charge in [-0.15, -0.1) is 0 Å². The number of benzene rings is 9. The molecule has 0 radical (unpaired) electrons. The van der Waals surface area contributed by atoms with Gasteiger partial charge in [-0.3, -0.25) is 0 Å². The molecule has 1 atom stereocenters. The van der Waals surface area contributed by atoms with Gasteiger partial charge >= 0.3 is 0 Å². The van der Waals surface area contributed by atoms with Crippen LogP contribution in [0.5, 0.6) is 0 Å². The van der Waals surface area contributed by atoms with Crippen LogP contribution in [0.4, 0.5) is 17.1 Å². The third kappa shape index (κ3) is 6.40. The zero-order valence-electron chi connectivity index (χ0n) is 32.8. The topological polar surface area (TPSA) is 16.4 Å². The highest BCUT2D eigenvalue weighted by molar-refractivity contribution is 5.98. The lowest BCUT2D eigenvalue weighted by atomic mass is 9.94. The average Bonchev–Trinajstić information content (AvgIpc) is 3.66. The van der Waals surface area contributed by atoms with Crippen molar-refractivity contribution in [3.8, 4) is 44.5 Å². The number of hydrogen-bond acceptors (Lipinski definition) is 2. The van der Waals surface area contributed by atoms with Crippen LogP contribution in [0.15, 0.2) is 211 Å². The number of hydrogen-bond donors (Lipinski definition) is 0. The molecule has 0 amide bonds. The van der Waals surface area contributed by atoms with E-state index in [9.17, 15) is 0 Å². The number of para-hydroxylation sites is 1. The number of nitrogens with zero attached hydrogens (tertiary/aromatic N) is 1. The maximum Gasteiger partial charge on any atom is 0.135 e. The quantitative estimate of drug-likeness (QED) is 0.161. The van der Waals surface area contributed by atoms with Crippen LogP contribution in [0.2, 0.25) is 0 Å². The minimum atomic E-state index is 0.475. The molecule has 1 heterocycles. The molecule has 9 aromatic carbocycles. The van der Waals surface area contributed by atoms with Crippen molar-refractivity contribution in [2.75, 3.05) is 4.90 Å². The van der Waals surface area contributed by atoms with E-state index in [1.54, 1.807) is 0 Å². The number of allylic oxidation sites excluding steroid dienone is 1. The molecular weight excluding hydrogens is 715 g/mol. The van der Waals surface area contributed by atoms with Gasteiger partial charge in [-0.2, -0.15) is 0 Å². The average molecular weight is 756 g/mol. The summed E-state index contributed by atoms with van der Waals surface area (Å²) < 4.78 is 6.53. The van der Waals surface area contributed by atoms with E-state index >= 15 is 0 Å². The third-order valence-corrected chi connectivity index (χ3v) is 12.0. The standard InChI is InChI=1S/C57H41NO/c1-38-20-32-53-54-33-29-47(37-57(54)59-56(53)34-38)52-17-6-7-19-55(52)58(49-15-8-14-45(36-49)46-26-23-39-10-2-3-12-44(39)35-46)48-30-27-41(28-31-48)40-21-24-43(25-22-40)51-18-9-13-42-11-4-5-16-50(42)51/h2-33,35-38H,34H2,1H3. The zero-order chi connectivity index (χ0) is 39.3. The maximum absolute atomic E-state index is 6.53. The Labute approximate surface area is 345 Å². The van der Waals surface area contributed by atoms with Gasteiger partial charge in [0.1, 0.15) is 11.3 Å². The van der Waals surface area contributed by atoms with Crippen molar-refractivity contribution in [1.82, 2.24) is 0 Å². The largest absolute Gasteiger partial charge is 0.460 e. The summed E-state index contributed by atoms with van der Waals surface area (Å²) in [6.45, 7) is 2.24. The molecule has 1 aromatic heterocycles. The van der Waals surface area contributed by atoms with Crippen molar-refractivity contribution >= 4 is 55.7 Å². The Bertz CT molecular complexity index is 3200. The summed E-state index contributed by atoms with van der Waals surface area (Å²) in [5, 5.41) is 6.17. The second kappa shape index (κ2) is 14.5. The van der Waals surface area contributed by atoms with Crippen LogP contribution in [-0.4, -0.2) is 0 Å². The van der Waals surface area contributed by atoms with Crippen molar-refractivity contribution < 1.29 is 4.42 Å². The Morgan fingerprint density at radius 3 is 1.95 bits per heavy atom. The third-order valence-electron chi connectivity index (χ3n) is 12.0. The zero-order valence-corrected chi connectivity index (χ0v) is 32.8. The smallest absolute Gasteiger partial charge is 0.135 e. The molecule has 0 bridgehead atoms. The lowest BCUT2D eigenvalue weighted by molar-refractivity contribution is 0.513. The second-order valence-corrected chi connectivity index (χ2v) is 15.8. The van der Waals surface area contributed by atoms with Crippen LogP contribution in [0.25, 0.3) is 83.1 Å². The molecule has 0 aliphatic heterocycles. The van der Waals surface area contributed by atoms with Gasteiger partial charge in [0.25, 0.3) is 0 Å². The summed E-state index contributed by atoms with van der Waals surface area (Å²) in [6.07, 6.45) is 5.45. The van der Waals surface area contributed by atoms with Gasteiger partial charge in [-0.05, 0) is 115 Å². The van der Waals surface area contributed by atoms with Crippen LogP contribution in [0.3, 0.4) is 0 Å². The van der Waals surface area contributed by atoms with Crippen molar-refractivity contribution in [3.63, 3.8) is 0 Å². The molecule has 10 aromatic rings. The predicted molar refractivity (Wildman–Crippen MR) is 250 cm³/mol. The summed E-state index contributed by atoms with van der Waals surface area (Å²) in [5.41, 5.74) is 14.9. The fourth-order valence-electron chi connectivity index (χ4n) is 8.95. The van der Waals surface area contributed by atoms with Crippen LogP contribution < -0.4 is 4.90 Å². The SMILES string of the molecule is CC1C=Cc2c(oc3cc(-c4ccccc4N(c4ccc(-c5ccc(-c6cccc7ccccc67)cc5)cc4)c4cccc(-c5ccc6ccccc6c5)c4)ccc23)C1. The van der Waals surface area contributed by atoms with Crippen molar-refractivity contribution in [2.45, 2.75) is 13.3 Å². The number of fused-ring (bicyclic) bond motifs is 5. The Morgan fingerprint density at radius 1 is 0.441 bits per heavy atom. The molecule has 1 aliphatic carbocycles. The van der Waals surface area contributed by atoms with Crippen LogP contribution in [0, 0.1) is 5.92 Å². The molecule has 0 saturated heterocycles. The number of anilines is 3. The van der Waals surface area contributed by atoms with Gasteiger partial charge in [0, 0.05) is 34.3 Å². The summed E-state index contributed by atoms with van der Waals surface area (Å²) in [5.74, 6) is 1.55. The Hall–Kier alpha value is -7.42. The molecular formula is C57H41NO. The van der Waals surface area contributed by atoms with Gasteiger partial charge in [-0.25, -0.2) is 0 Å². The van der Waals surface area contributed by atoms with Crippen molar-refractivity contribution in [2.24, 2.45) is 5.92 Å². The fraction of sp³-hybridized carbons (Fsp3) is 0.0526. The first-order valence-corrected chi connectivity index (χ1v) is 20.5. The molecule has 280 valence electrons. The molecule has 0 spiro atoms. The van der Waals surface area contributed by atoms with E-state index in [-0.39, 0.29) is 0 Å². The molecule has 0 N–H and O–H groups in total. The Morgan fingerprint density at radius 2 is 1.08 bits per heavy atom. The summed E-state index contributed by atoms with van der Waals surface area (Å²) in [7, 11) is 0. The monoisotopic (exact) mass is 755 g/mol. The van der Waals surface area contributed by atoms with Crippen molar-refractivity contribution in [1.29, 1.82) is 0 Å². The lowest BCUT2D eigenvalue weighted by Gasteiger charge is -2.28. The summed E-state index contributed by atoms with van der Waals surface area (Å²) >= 11 is 0. The summed E-state index contributed by atoms with van der Waals surface area (Å²) in [6, 6.07) is 72.8. The van der Waals surface area contributed by atoms with Crippen molar-refractivity contribution in [3.05, 3.63) is 218 Å². The van der Waals surface area contributed by atoms with Gasteiger partial charge in [0.2, 0.25) is 0 Å². The molecule has 1 unspecified atom stereocenters. The van der Waals surface area contributed by atoms with E-state index in [0.717, 1.165) is 46.0 Å². The van der Waals surface area contributed by atoms with Gasteiger partial charge in [0.15, 0.2) is 0 Å². The molecule has 2 heteroatoms. The molecule has 0 fully saturated rings. The van der Waals surface area contributed by atoms with Crippen LogP contribution in [-0.2, 0) is 6.42 Å². The minimum absolute atomic E-state index is 0.475. The first-order chi connectivity index (χ1) is 29.1. The highest BCUT2D eigenvalue weighted by Gasteiger charge is 2.21. The van der Waals surface area contributed by atoms with E-state index in [1.165, 1.54) is 65.9 Å². The first kappa shape index (κ1) is 34.8. The van der Waals surface area contributed by atoms with E-state index in [1.807, 2.05) is 0 Å². The highest BCUT2D eigenvalue weighted by Crippen LogP contribution is 2.44. The highest BCUT2D eigenvalue weighted by atomic mass is 16.3.